The highest BCUT2D eigenvalue weighted by Gasteiger charge is 2.20. The molecule has 0 aromatic carbocycles. The van der Waals surface area contributed by atoms with E-state index in [9.17, 15) is 0 Å². The minimum Gasteiger partial charge on any atom is -0.396 e. The maximum absolute atomic E-state index is 5.98. The van der Waals surface area contributed by atoms with Crippen LogP contribution < -0.4 is 5.73 Å². The minimum atomic E-state index is -0.117. The van der Waals surface area contributed by atoms with E-state index in [1.807, 2.05) is 20.8 Å². The first-order valence-corrected chi connectivity index (χ1v) is 4.70. The average molecular weight is 219 g/mol. The maximum Gasteiger partial charge on any atom is 0.152 e. The normalized spacial score (nSPS) is 11.8. The van der Waals surface area contributed by atoms with Crippen LogP contribution in [-0.2, 0) is 5.41 Å². The average Bonchev–Trinajstić information content (AvgIpc) is 1.94. The fourth-order valence-corrected chi connectivity index (χ4v) is 1.59. The number of nitrogens with two attached hydrogens (primary N) is 1. The van der Waals surface area contributed by atoms with Gasteiger partial charge in [0.25, 0.3) is 0 Å². The fourth-order valence-electron chi connectivity index (χ4n) is 1.01. The largest absolute Gasteiger partial charge is 0.396 e. The Morgan fingerprint density at radius 3 is 2.31 bits per heavy atom. The number of halogens is 2. The molecule has 1 aromatic heterocycles. The lowest BCUT2D eigenvalue weighted by Gasteiger charge is -2.19. The van der Waals surface area contributed by atoms with E-state index in [0.29, 0.717) is 15.9 Å². The van der Waals surface area contributed by atoms with Gasteiger partial charge in [0.1, 0.15) is 0 Å². The summed E-state index contributed by atoms with van der Waals surface area (Å²) in [7, 11) is 0. The Morgan fingerprint density at radius 1 is 1.31 bits per heavy atom. The van der Waals surface area contributed by atoms with Crippen molar-refractivity contribution in [2.75, 3.05) is 5.73 Å². The summed E-state index contributed by atoms with van der Waals surface area (Å²) in [5.74, 6) is 0. The Labute approximate surface area is 88.1 Å². The Kier molecular flexibility index (Phi) is 2.74. The highest BCUT2D eigenvalue weighted by Crippen LogP contribution is 2.31. The van der Waals surface area contributed by atoms with E-state index in [1.54, 1.807) is 6.07 Å². The second-order valence-corrected chi connectivity index (χ2v) is 4.71. The lowest BCUT2D eigenvalue weighted by Crippen LogP contribution is -2.14. The van der Waals surface area contributed by atoms with E-state index in [2.05, 4.69) is 4.98 Å². The van der Waals surface area contributed by atoms with Crippen molar-refractivity contribution in [1.82, 2.24) is 4.98 Å². The summed E-state index contributed by atoms with van der Waals surface area (Å²) in [6.07, 6.45) is 0. The molecule has 0 spiro atoms. The van der Waals surface area contributed by atoms with Crippen LogP contribution >= 0.6 is 23.2 Å². The van der Waals surface area contributed by atoms with E-state index in [-0.39, 0.29) is 5.41 Å². The predicted octanol–water partition coefficient (Wildman–Crippen LogP) is 3.27. The van der Waals surface area contributed by atoms with Crippen LogP contribution in [0.15, 0.2) is 6.07 Å². The van der Waals surface area contributed by atoms with Crippen molar-refractivity contribution in [3.05, 3.63) is 21.9 Å². The highest BCUT2D eigenvalue weighted by molar-refractivity contribution is 6.34. The van der Waals surface area contributed by atoms with Gasteiger partial charge in [0.2, 0.25) is 0 Å². The van der Waals surface area contributed by atoms with Gasteiger partial charge in [0.05, 0.1) is 16.4 Å². The van der Waals surface area contributed by atoms with Gasteiger partial charge in [-0.1, -0.05) is 44.0 Å². The minimum absolute atomic E-state index is 0.117. The van der Waals surface area contributed by atoms with Gasteiger partial charge in [-0.2, -0.15) is 0 Å². The van der Waals surface area contributed by atoms with Crippen molar-refractivity contribution in [2.24, 2.45) is 0 Å². The summed E-state index contributed by atoms with van der Waals surface area (Å²) < 4.78 is 0. The quantitative estimate of drug-likeness (QED) is 0.680. The first-order valence-electron chi connectivity index (χ1n) is 3.94. The van der Waals surface area contributed by atoms with E-state index in [1.165, 1.54) is 0 Å². The Bertz CT molecular complexity index is 329. The summed E-state index contributed by atoms with van der Waals surface area (Å²) in [4.78, 5) is 4.15. The summed E-state index contributed by atoms with van der Waals surface area (Å²) in [6, 6.07) is 1.64. The van der Waals surface area contributed by atoms with Crippen LogP contribution in [0.25, 0.3) is 0 Å². The van der Waals surface area contributed by atoms with Gasteiger partial charge in [0, 0.05) is 5.41 Å². The molecule has 13 heavy (non-hydrogen) atoms. The van der Waals surface area contributed by atoms with E-state index < -0.39 is 0 Å². The third kappa shape index (κ3) is 2.26. The number of nitrogens with zero attached hydrogens (tertiary/aromatic N) is 1. The molecule has 2 nitrogen and oxygen atoms in total. The molecule has 0 saturated heterocycles. The van der Waals surface area contributed by atoms with Crippen LogP contribution in [0.1, 0.15) is 26.5 Å². The van der Waals surface area contributed by atoms with E-state index in [4.69, 9.17) is 28.9 Å². The second-order valence-electron chi connectivity index (χ2n) is 3.95. The number of nitrogen functional groups attached to an aromatic ring is 1. The van der Waals surface area contributed by atoms with Crippen molar-refractivity contribution in [3.8, 4) is 0 Å². The van der Waals surface area contributed by atoms with Crippen molar-refractivity contribution < 1.29 is 0 Å². The standard InChI is InChI=1S/C9H12Cl2N2/c1-9(2,3)7-5(10)4-6(12)8(11)13-7/h4H,12H2,1-3H3. The summed E-state index contributed by atoms with van der Waals surface area (Å²) in [5.41, 5.74) is 6.63. The number of rotatable bonds is 0. The summed E-state index contributed by atoms with van der Waals surface area (Å²) in [5, 5.41) is 0.878. The van der Waals surface area contributed by atoms with Crippen molar-refractivity contribution >= 4 is 28.9 Å². The third-order valence-corrected chi connectivity index (χ3v) is 2.26. The zero-order valence-corrected chi connectivity index (χ0v) is 9.37. The van der Waals surface area contributed by atoms with Crippen molar-refractivity contribution in [3.63, 3.8) is 0 Å². The van der Waals surface area contributed by atoms with Gasteiger partial charge in [-0.25, -0.2) is 4.98 Å². The number of hydrogen-bond acceptors (Lipinski definition) is 2. The van der Waals surface area contributed by atoms with Gasteiger partial charge >= 0.3 is 0 Å². The smallest absolute Gasteiger partial charge is 0.152 e. The molecule has 0 fully saturated rings. The van der Waals surface area contributed by atoms with Gasteiger partial charge in [0.15, 0.2) is 5.15 Å². The summed E-state index contributed by atoms with van der Waals surface area (Å²) >= 11 is 11.8. The molecule has 1 aromatic rings. The first kappa shape index (κ1) is 10.6. The van der Waals surface area contributed by atoms with Gasteiger partial charge in [-0.05, 0) is 6.07 Å². The molecule has 1 heterocycles. The monoisotopic (exact) mass is 218 g/mol. The molecule has 2 N–H and O–H groups in total. The molecule has 1 rings (SSSR count). The molecule has 0 amide bonds. The number of anilines is 1. The van der Waals surface area contributed by atoms with Crippen molar-refractivity contribution in [1.29, 1.82) is 0 Å². The van der Waals surface area contributed by atoms with Crippen LogP contribution in [0.2, 0.25) is 10.2 Å². The van der Waals surface area contributed by atoms with Gasteiger partial charge < -0.3 is 5.73 Å². The molecule has 0 radical (unpaired) electrons. The van der Waals surface area contributed by atoms with Gasteiger partial charge in [-0.3, -0.25) is 0 Å². The van der Waals surface area contributed by atoms with Gasteiger partial charge in [-0.15, -0.1) is 0 Å². The zero-order valence-electron chi connectivity index (χ0n) is 7.86. The molecule has 0 atom stereocenters. The van der Waals surface area contributed by atoms with Crippen LogP contribution in [-0.4, -0.2) is 4.98 Å². The van der Waals surface area contributed by atoms with Crippen molar-refractivity contribution in [2.45, 2.75) is 26.2 Å². The number of hydrogen-bond donors (Lipinski definition) is 1. The topological polar surface area (TPSA) is 38.9 Å². The first-order chi connectivity index (χ1) is 5.82. The lowest BCUT2D eigenvalue weighted by atomic mass is 9.91. The van der Waals surface area contributed by atoms with Crippen LogP contribution in [0, 0.1) is 0 Å². The predicted molar refractivity (Wildman–Crippen MR) is 57.4 cm³/mol. The molecule has 4 heteroatoms. The zero-order chi connectivity index (χ0) is 10.2. The lowest BCUT2D eigenvalue weighted by molar-refractivity contribution is 0.569. The SMILES string of the molecule is CC(C)(C)c1nc(Cl)c(N)cc1Cl. The molecular weight excluding hydrogens is 207 g/mol. The molecular formula is C9H12Cl2N2. The molecule has 0 aliphatic carbocycles. The van der Waals surface area contributed by atoms with Crippen LogP contribution in [0.5, 0.6) is 0 Å². The van der Waals surface area contributed by atoms with E-state index >= 15 is 0 Å². The Balaban J connectivity index is 3.32. The Hall–Kier alpha value is -0.470. The summed E-state index contributed by atoms with van der Waals surface area (Å²) in [6.45, 7) is 6.06. The van der Waals surface area contributed by atoms with Crippen LogP contribution in [0.4, 0.5) is 5.69 Å². The van der Waals surface area contributed by atoms with E-state index in [0.717, 1.165) is 5.69 Å². The molecule has 0 saturated carbocycles. The second kappa shape index (κ2) is 3.35. The molecule has 0 unspecified atom stereocenters. The Morgan fingerprint density at radius 2 is 1.85 bits per heavy atom. The third-order valence-electron chi connectivity index (χ3n) is 1.67. The maximum atomic E-state index is 5.98. The fraction of sp³-hybridized carbons (Fsp3) is 0.444. The number of aromatic nitrogens is 1. The molecule has 0 aliphatic rings. The molecule has 72 valence electrons. The molecule has 0 aliphatic heterocycles. The van der Waals surface area contributed by atoms with Crippen LogP contribution in [0.3, 0.4) is 0 Å². The highest BCUT2D eigenvalue weighted by atomic mass is 35.5. The number of pyridine rings is 1. The molecule has 0 bridgehead atoms.